The van der Waals surface area contributed by atoms with Crippen molar-refractivity contribution in [3.8, 4) is 11.5 Å². The van der Waals surface area contributed by atoms with Crippen LogP contribution in [0.25, 0.3) is 6.08 Å². The van der Waals surface area contributed by atoms with Crippen molar-refractivity contribution >= 4 is 23.2 Å². The van der Waals surface area contributed by atoms with Crippen LogP contribution in [0.2, 0.25) is 0 Å². The Morgan fingerprint density at radius 2 is 2.37 bits per heavy atom. The fourth-order valence-corrected chi connectivity index (χ4v) is 2.49. The number of ketones is 1. The summed E-state index contributed by atoms with van der Waals surface area (Å²) in [5.41, 5.74) is 1.14. The number of carbonyl (C=O) groups excluding carboxylic acids is 1. The molecule has 0 amide bonds. The molecule has 0 spiro atoms. The van der Waals surface area contributed by atoms with E-state index in [1.807, 2.05) is 5.38 Å². The van der Waals surface area contributed by atoms with Gasteiger partial charge in [0.25, 0.3) is 0 Å². The Hall–Kier alpha value is -2.14. The molecule has 0 saturated carbocycles. The molecule has 1 aliphatic heterocycles. The molecule has 1 aromatic carbocycles. The van der Waals surface area contributed by atoms with Gasteiger partial charge in [-0.2, -0.15) is 0 Å². The standard InChI is InChI=1S/C14H11NO3S/c1-17-10-2-3-12-11(7-10)14(16)9(8-18-12)6-13-15-4-5-19-13/h2-7H,8H2,1H3. The zero-order chi connectivity index (χ0) is 13.2. The summed E-state index contributed by atoms with van der Waals surface area (Å²) in [4.78, 5) is 16.5. The Morgan fingerprint density at radius 1 is 1.47 bits per heavy atom. The SMILES string of the molecule is COc1ccc2c(c1)C(=O)C(=Cc1nccs1)CO2. The predicted molar refractivity (Wildman–Crippen MR) is 72.9 cm³/mol. The fourth-order valence-electron chi connectivity index (χ4n) is 1.90. The van der Waals surface area contributed by atoms with Gasteiger partial charge in [0.05, 0.1) is 12.7 Å². The van der Waals surface area contributed by atoms with Gasteiger partial charge in [0, 0.05) is 17.2 Å². The van der Waals surface area contributed by atoms with E-state index in [1.54, 1.807) is 37.6 Å². The third-order valence-electron chi connectivity index (χ3n) is 2.86. The molecular weight excluding hydrogens is 262 g/mol. The Labute approximate surface area is 114 Å². The minimum Gasteiger partial charge on any atom is -0.497 e. The van der Waals surface area contributed by atoms with Crippen LogP contribution in [0.4, 0.5) is 0 Å². The van der Waals surface area contributed by atoms with Gasteiger partial charge in [0.15, 0.2) is 5.78 Å². The van der Waals surface area contributed by atoms with Gasteiger partial charge < -0.3 is 9.47 Å². The summed E-state index contributed by atoms with van der Waals surface area (Å²) in [6.45, 7) is 0.276. The number of rotatable bonds is 2. The van der Waals surface area contributed by atoms with Gasteiger partial charge in [-0.3, -0.25) is 4.79 Å². The molecule has 1 aromatic heterocycles. The van der Waals surface area contributed by atoms with Crippen molar-refractivity contribution in [2.24, 2.45) is 0 Å². The van der Waals surface area contributed by atoms with Crippen LogP contribution in [0, 0.1) is 0 Å². The van der Waals surface area contributed by atoms with Crippen LogP contribution in [-0.2, 0) is 0 Å². The van der Waals surface area contributed by atoms with E-state index in [1.165, 1.54) is 11.3 Å². The van der Waals surface area contributed by atoms with Crippen LogP contribution in [-0.4, -0.2) is 24.5 Å². The van der Waals surface area contributed by atoms with Crippen LogP contribution >= 0.6 is 11.3 Å². The number of fused-ring (bicyclic) bond motifs is 1. The minimum atomic E-state index is -0.0321. The first-order valence-corrected chi connectivity index (χ1v) is 6.61. The number of carbonyl (C=O) groups is 1. The highest BCUT2D eigenvalue weighted by atomic mass is 32.1. The monoisotopic (exact) mass is 273 g/mol. The van der Waals surface area contributed by atoms with E-state index in [2.05, 4.69) is 4.98 Å². The Balaban J connectivity index is 1.99. The van der Waals surface area contributed by atoms with Gasteiger partial charge >= 0.3 is 0 Å². The number of benzene rings is 1. The highest BCUT2D eigenvalue weighted by Crippen LogP contribution is 2.31. The lowest BCUT2D eigenvalue weighted by Gasteiger charge is -2.19. The molecule has 0 fully saturated rings. The van der Waals surface area contributed by atoms with Crippen LogP contribution in [0.15, 0.2) is 35.3 Å². The van der Waals surface area contributed by atoms with Crippen LogP contribution in [0.3, 0.4) is 0 Å². The molecule has 5 heteroatoms. The summed E-state index contributed by atoms with van der Waals surface area (Å²) >= 11 is 1.49. The summed E-state index contributed by atoms with van der Waals surface area (Å²) in [7, 11) is 1.57. The van der Waals surface area contributed by atoms with Gasteiger partial charge in [-0.25, -0.2) is 4.98 Å². The van der Waals surface area contributed by atoms with Crippen molar-refractivity contribution in [2.45, 2.75) is 0 Å². The van der Waals surface area contributed by atoms with E-state index in [0.717, 1.165) is 5.01 Å². The summed E-state index contributed by atoms with van der Waals surface area (Å²) in [6, 6.07) is 5.24. The molecule has 2 aromatic rings. The van der Waals surface area contributed by atoms with Crippen molar-refractivity contribution in [1.82, 2.24) is 4.98 Å². The molecule has 0 saturated heterocycles. The van der Waals surface area contributed by atoms with Crippen molar-refractivity contribution < 1.29 is 14.3 Å². The van der Waals surface area contributed by atoms with Crippen molar-refractivity contribution in [2.75, 3.05) is 13.7 Å². The molecule has 19 heavy (non-hydrogen) atoms. The first-order chi connectivity index (χ1) is 9.28. The first-order valence-electron chi connectivity index (χ1n) is 5.73. The number of thiazole rings is 1. The molecular formula is C14H11NO3S. The molecule has 0 radical (unpaired) electrons. The molecule has 0 atom stereocenters. The molecule has 4 nitrogen and oxygen atoms in total. The second-order valence-electron chi connectivity index (χ2n) is 4.02. The normalized spacial score (nSPS) is 16.1. The summed E-state index contributed by atoms with van der Waals surface area (Å²) in [5, 5.41) is 2.68. The maximum atomic E-state index is 12.4. The van der Waals surface area contributed by atoms with E-state index in [-0.39, 0.29) is 12.4 Å². The fraction of sp³-hybridized carbons (Fsp3) is 0.143. The highest BCUT2D eigenvalue weighted by Gasteiger charge is 2.24. The van der Waals surface area contributed by atoms with Crippen molar-refractivity contribution in [3.05, 3.63) is 45.9 Å². The Morgan fingerprint density at radius 3 is 3.11 bits per heavy atom. The van der Waals surface area contributed by atoms with Gasteiger partial charge in [-0.15, -0.1) is 11.3 Å². The largest absolute Gasteiger partial charge is 0.497 e. The minimum absolute atomic E-state index is 0.0321. The lowest BCUT2D eigenvalue weighted by molar-refractivity contribution is 0.100. The molecule has 96 valence electrons. The summed E-state index contributed by atoms with van der Waals surface area (Å²) in [5.74, 6) is 1.21. The highest BCUT2D eigenvalue weighted by molar-refractivity contribution is 7.10. The smallest absolute Gasteiger partial charge is 0.196 e. The van der Waals surface area contributed by atoms with Gasteiger partial charge in [-0.05, 0) is 24.3 Å². The van der Waals surface area contributed by atoms with Crippen molar-refractivity contribution in [3.63, 3.8) is 0 Å². The maximum absolute atomic E-state index is 12.4. The molecule has 1 aliphatic rings. The number of hydrogen-bond acceptors (Lipinski definition) is 5. The van der Waals surface area contributed by atoms with Gasteiger partial charge in [-0.1, -0.05) is 0 Å². The van der Waals surface area contributed by atoms with Crippen molar-refractivity contribution in [1.29, 1.82) is 0 Å². The first kappa shape index (κ1) is 11.9. The Bertz CT molecular complexity index is 647. The second-order valence-corrected chi connectivity index (χ2v) is 4.95. The molecule has 2 heterocycles. The third-order valence-corrected chi connectivity index (χ3v) is 3.58. The van der Waals surface area contributed by atoms with E-state index in [0.29, 0.717) is 22.6 Å². The number of nitrogens with zero attached hydrogens (tertiary/aromatic N) is 1. The number of Topliss-reactive ketones (excluding diaryl/α,β-unsaturated/α-hetero) is 1. The van der Waals surface area contributed by atoms with Crippen LogP contribution in [0.1, 0.15) is 15.4 Å². The zero-order valence-corrected chi connectivity index (χ0v) is 11.1. The molecule has 3 rings (SSSR count). The lowest BCUT2D eigenvalue weighted by atomic mass is 10.00. The Kier molecular flexibility index (Phi) is 3.05. The second kappa shape index (κ2) is 4.85. The number of aromatic nitrogens is 1. The average Bonchev–Trinajstić information content (AvgIpc) is 2.95. The number of ether oxygens (including phenoxy) is 2. The lowest BCUT2D eigenvalue weighted by Crippen LogP contribution is -2.19. The molecule has 0 unspecified atom stereocenters. The summed E-state index contributed by atoms with van der Waals surface area (Å²) < 4.78 is 10.7. The van der Waals surface area contributed by atoms with E-state index in [4.69, 9.17) is 9.47 Å². The number of hydrogen-bond donors (Lipinski definition) is 0. The van der Waals surface area contributed by atoms with Gasteiger partial charge in [0.2, 0.25) is 0 Å². The zero-order valence-electron chi connectivity index (χ0n) is 10.3. The topological polar surface area (TPSA) is 48.4 Å². The number of methoxy groups -OCH3 is 1. The van der Waals surface area contributed by atoms with E-state index < -0.39 is 0 Å². The van der Waals surface area contributed by atoms with Crippen LogP contribution in [0.5, 0.6) is 11.5 Å². The van der Waals surface area contributed by atoms with Gasteiger partial charge in [0.1, 0.15) is 23.1 Å². The van der Waals surface area contributed by atoms with E-state index >= 15 is 0 Å². The van der Waals surface area contributed by atoms with E-state index in [9.17, 15) is 4.79 Å². The van der Waals surface area contributed by atoms with Crippen LogP contribution < -0.4 is 9.47 Å². The predicted octanol–water partition coefficient (Wildman–Crippen LogP) is 2.81. The molecule has 0 N–H and O–H groups in total. The average molecular weight is 273 g/mol. The third kappa shape index (κ3) is 2.24. The maximum Gasteiger partial charge on any atom is 0.196 e. The molecule has 0 aliphatic carbocycles. The quantitative estimate of drug-likeness (QED) is 0.789. The molecule has 0 bridgehead atoms. The summed E-state index contributed by atoms with van der Waals surface area (Å²) in [6.07, 6.45) is 3.48.